The molecule has 2 heteroatoms. The molecule has 1 aliphatic rings. The quantitative estimate of drug-likeness (QED) is 0.612. The van der Waals surface area contributed by atoms with Crippen LogP contribution in [0, 0.1) is 5.92 Å². The number of hydrogen-bond acceptors (Lipinski definition) is 2. The summed E-state index contributed by atoms with van der Waals surface area (Å²) in [5, 5.41) is 3.26. The molecule has 1 rings (SSSR count). The van der Waals surface area contributed by atoms with Gasteiger partial charge in [0.25, 0.3) is 0 Å². The molecule has 8 heavy (non-hydrogen) atoms. The van der Waals surface area contributed by atoms with Crippen LogP contribution >= 0.6 is 11.8 Å². The van der Waals surface area contributed by atoms with E-state index >= 15 is 0 Å². The zero-order chi connectivity index (χ0) is 5.82. The van der Waals surface area contributed by atoms with E-state index in [1.165, 1.54) is 24.6 Å². The fourth-order valence-corrected chi connectivity index (χ4v) is 1.56. The highest BCUT2D eigenvalue weighted by molar-refractivity contribution is 7.99. The van der Waals surface area contributed by atoms with Gasteiger partial charge in [0.15, 0.2) is 0 Å². The molecule has 0 bridgehead atoms. The van der Waals surface area contributed by atoms with Gasteiger partial charge < -0.3 is 5.32 Å². The second-order valence-electron chi connectivity index (χ2n) is 2.18. The van der Waals surface area contributed by atoms with Crippen molar-refractivity contribution in [1.29, 1.82) is 0 Å². The summed E-state index contributed by atoms with van der Waals surface area (Å²) in [6, 6.07) is 0. The van der Waals surface area contributed by atoms with Crippen LogP contribution in [0.4, 0.5) is 0 Å². The molecule has 1 nitrogen and oxygen atoms in total. The zero-order valence-electron chi connectivity index (χ0n) is 5.31. The minimum absolute atomic E-state index is 0.986. The van der Waals surface area contributed by atoms with E-state index in [1.807, 2.05) is 0 Å². The summed E-state index contributed by atoms with van der Waals surface area (Å²) in [7, 11) is 0. The molecule has 0 aromatic carbocycles. The Morgan fingerprint density at radius 2 is 2.38 bits per heavy atom. The summed E-state index contributed by atoms with van der Waals surface area (Å²) in [6.07, 6.45) is 0. The van der Waals surface area contributed by atoms with Gasteiger partial charge in [0.05, 0.1) is 0 Å². The first-order valence-corrected chi connectivity index (χ1v) is 4.37. The first-order valence-electron chi connectivity index (χ1n) is 3.22. The molecule has 1 aliphatic heterocycles. The monoisotopic (exact) mass is 131 g/mol. The Labute approximate surface area is 55.2 Å². The maximum absolute atomic E-state index is 3.26. The van der Waals surface area contributed by atoms with Crippen molar-refractivity contribution in [2.45, 2.75) is 6.92 Å². The molecule has 0 atom stereocenters. The van der Waals surface area contributed by atoms with Crippen LogP contribution < -0.4 is 5.32 Å². The summed E-state index contributed by atoms with van der Waals surface area (Å²) in [6.45, 7) is 4.73. The molecular weight excluding hydrogens is 118 g/mol. The Balaban J connectivity index is 1.86. The molecule has 0 radical (unpaired) electrons. The maximum Gasteiger partial charge on any atom is -0.0000326 e. The van der Waals surface area contributed by atoms with Gasteiger partial charge in [0.2, 0.25) is 0 Å². The Bertz CT molecular complexity index is 61.5. The van der Waals surface area contributed by atoms with Gasteiger partial charge in [-0.3, -0.25) is 0 Å². The van der Waals surface area contributed by atoms with Crippen molar-refractivity contribution in [1.82, 2.24) is 5.32 Å². The lowest BCUT2D eigenvalue weighted by atomic mass is 10.1. The zero-order valence-corrected chi connectivity index (χ0v) is 6.13. The highest BCUT2D eigenvalue weighted by Gasteiger charge is 2.14. The topological polar surface area (TPSA) is 12.0 Å². The summed E-state index contributed by atoms with van der Waals surface area (Å²) in [4.78, 5) is 0. The molecule has 0 amide bonds. The molecule has 0 aromatic heterocycles. The first kappa shape index (κ1) is 6.43. The third kappa shape index (κ3) is 1.67. The highest BCUT2D eigenvalue weighted by atomic mass is 32.2. The standard InChI is InChI=1S/C6H13NS/c1-2-8-5-6-3-7-4-6/h6-7H,2-5H2,1H3. The molecule has 0 unspecified atom stereocenters. The molecule has 1 N–H and O–H groups in total. The van der Waals surface area contributed by atoms with E-state index in [2.05, 4.69) is 24.0 Å². The van der Waals surface area contributed by atoms with Crippen LogP contribution in [0.25, 0.3) is 0 Å². The Kier molecular flexibility index (Phi) is 2.70. The SMILES string of the molecule is CCSCC1CNC1. The van der Waals surface area contributed by atoms with E-state index in [0.29, 0.717) is 0 Å². The predicted octanol–water partition coefficient (Wildman–Crippen LogP) is 0.959. The van der Waals surface area contributed by atoms with Crippen LogP contribution in [0.1, 0.15) is 6.92 Å². The summed E-state index contributed by atoms with van der Waals surface area (Å²) < 4.78 is 0. The van der Waals surface area contributed by atoms with Gasteiger partial charge in [0, 0.05) is 0 Å². The number of thioether (sulfide) groups is 1. The fourth-order valence-electron chi connectivity index (χ4n) is 0.751. The molecule has 0 aromatic rings. The van der Waals surface area contributed by atoms with E-state index < -0.39 is 0 Å². The molecule has 0 spiro atoms. The second kappa shape index (κ2) is 3.36. The lowest BCUT2D eigenvalue weighted by Gasteiger charge is -2.26. The summed E-state index contributed by atoms with van der Waals surface area (Å²) >= 11 is 2.05. The maximum atomic E-state index is 3.26. The van der Waals surface area contributed by atoms with Gasteiger partial charge in [-0.2, -0.15) is 11.8 Å². The molecular formula is C6H13NS. The van der Waals surface area contributed by atoms with Crippen LogP contribution in [0.15, 0.2) is 0 Å². The molecule has 0 aliphatic carbocycles. The van der Waals surface area contributed by atoms with Crippen molar-refractivity contribution in [3.8, 4) is 0 Å². The van der Waals surface area contributed by atoms with Crippen molar-refractivity contribution in [3.63, 3.8) is 0 Å². The smallest absolute Gasteiger partial charge is 0.0000326 e. The van der Waals surface area contributed by atoms with Gasteiger partial charge in [-0.25, -0.2) is 0 Å². The fraction of sp³-hybridized carbons (Fsp3) is 1.00. The number of rotatable bonds is 3. The first-order chi connectivity index (χ1) is 3.93. The highest BCUT2D eigenvalue weighted by Crippen LogP contribution is 2.10. The predicted molar refractivity (Wildman–Crippen MR) is 39.4 cm³/mol. The molecule has 48 valence electrons. The lowest BCUT2D eigenvalue weighted by Crippen LogP contribution is -2.43. The lowest BCUT2D eigenvalue weighted by molar-refractivity contribution is 0.385. The van der Waals surface area contributed by atoms with E-state index in [9.17, 15) is 0 Å². The van der Waals surface area contributed by atoms with Crippen molar-refractivity contribution in [2.75, 3.05) is 24.6 Å². The third-order valence-corrected chi connectivity index (χ3v) is 2.54. The van der Waals surface area contributed by atoms with Gasteiger partial charge in [-0.05, 0) is 30.5 Å². The summed E-state index contributed by atoms with van der Waals surface area (Å²) in [5.41, 5.74) is 0. The van der Waals surface area contributed by atoms with Crippen molar-refractivity contribution in [3.05, 3.63) is 0 Å². The van der Waals surface area contributed by atoms with E-state index in [-0.39, 0.29) is 0 Å². The van der Waals surface area contributed by atoms with Gasteiger partial charge >= 0.3 is 0 Å². The minimum atomic E-state index is 0.986. The van der Waals surface area contributed by atoms with Crippen LogP contribution in [-0.4, -0.2) is 24.6 Å². The third-order valence-electron chi connectivity index (χ3n) is 1.42. The molecule has 1 heterocycles. The average molecular weight is 131 g/mol. The van der Waals surface area contributed by atoms with Crippen LogP contribution in [0.5, 0.6) is 0 Å². The van der Waals surface area contributed by atoms with E-state index in [1.54, 1.807) is 0 Å². The van der Waals surface area contributed by atoms with Crippen LogP contribution in [-0.2, 0) is 0 Å². The van der Waals surface area contributed by atoms with Crippen molar-refractivity contribution in [2.24, 2.45) is 5.92 Å². The van der Waals surface area contributed by atoms with Crippen molar-refractivity contribution < 1.29 is 0 Å². The molecule has 1 saturated heterocycles. The van der Waals surface area contributed by atoms with Crippen molar-refractivity contribution >= 4 is 11.8 Å². The molecule has 0 saturated carbocycles. The van der Waals surface area contributed by atoms with Gasteiger partial charge in [0.1, 0.15) is 0 Å². The van der Waals surface area contributed by atoms with Crippen LogP contribution in [0.2, 0.25) is 0 Å². The van der Waals surface area contributed by atoms with Gasteiger partial charge in [-0.15, -0.1) is 0 Å². The average Bonchev–Trinajstić information content (AvgIpc) is 1.63. The summed E-state index contributed by atoms with van der Waals surface area (Å²) in [5.74, 6) is 3.62. The second-order valence-corrected chi connectivity index (χ2v) is 3.50. The van der Waals surface area contributed by atoms with Gasteiger partial charge in [-0.1, -0.05) is 6.92 Å². The van der Waals surface area contributed by atoms with E-state index in [4.69, 9.17) is 0 Å². The molecule has 1 fully saturated rings. The largest absolute Gasteiger partial charge is 0.316 e. The van der Waals surface area contributed by atoms with Crippen LogP contribution in [0.3, 0.4) is 0 Å². The number of hydrogen-bond donors (Lipinski definition) is 1. The minimum Gasteiger partial charge on any atom is -0.316 e. The Hall–Kier alpha value is 0.310. The number of nitrogens with one attached hydrogen (secondary N) is 1. The van der Waals surface area contributed by atoms with E-state index in [0.717, 1.165) is 5.92 Å². The Morgan fingerprint density at radius 3 is 2.75 bits per heavy atom. The normalized spacial score (nSPS) is 20.6. The Morgan fingerprint density at radius 1 is 1.62 bits per heavy atom.